The minimum absolute atomic E-state index is 0.0363. The van der Waals surface area contributed by atoms with E-state index in [9.17, 15) is 4.79 Å². The van der Waals surface area contributed by atoms with E-state index < -0.39 is 0 Å². The smallest absolute Gasteiger partial charge is 0.251 e. The Balaban J connectivity index is 1.49. The van der Waals surface area contributed by atoms with Gasteiger partial charge in [-0.25, -0.2) is 4.98 Å². The standard InChI is InChI=1S/C21H25N3O3/c1-26-20-9-5-8-17(22-20)15-6-4-7-16(12-15)21(25)23-18-13-27-14-19(18)24-10-2-3-11-24/h4-9,12,18-19H,2-3,10-11,13-14H2,1H3,(H,23,25)/t18-,19-/m0/s1. The van der Waals surface area contributed by atoms with Crippen molar-refractivity contribution in [2.45, 2.75) is 24.9 Å². The first-order valence-electron chi connectivity index (χ1n) is 9.49. The lowest BCUT2D eigenvalue weighted by Gasteiger charge is -2.27. The Kier molecular flexibility index (Phi) is 5.36. The fraction of sp³-hybridized carbons (Fsp3) is 0.429. The molecule has 3 heterocycles. The Bertz CT molecular complexity index is 805. The summed E-state index contributed by atoms with van der Waals surface area (Å²) >= 11 is 0. The van der Waals surface area contributed by atoms with Crippen LogP contribution in [-0.2, 0) is 4.74 Å². The highest BCUT2D eigenvalue weighted by atomic mass is 16.5. The maximum Gasteiger partial charge on any atom is 0.251 e. The van der Waals surface area contributed by atoms with Crippen molar-refractivity contribution < 1.29 is 14.3 Å². The molecule has 0 unspecified atom stereocenters. The second-order valence-corrected chi connectivity index (χ2v) is 7.07. The molecular weight excluding hydrogens is 342 g/mol. The molecule has 2 atom stereocenters. The van der Waals surface area contributed by atoms with Crippen LogP contribution in [0.3, 0.4) is 0 Å². The van der Waals surface area contributed by atoms with Gasteiger partial charge in [0.1, 0.15) is 0 Å². The summed E-state index contributed by atoms with van der Waals surface area (Å²) < 4.78 is 10.9. The van der Waals surface area contributed by atoms with E-state index in [1.165, 1.54) is 12.8 Å². The van der Waals surface area contributed by atoms with Gasteiger partial charge in [0, 0.05) is 17.2 Å². The molecule has 0 aliphatic carbocycles. The van der Waals surface area contributed by atoms with Crippen LogP contribution in [0.25, 0.3) is 11.3 Å². The molecule has 6 heteroatoms. The van der Waals surface area contributed by atoms with E-state index in [0.29, 0.717) is 24.7 Å². The van der Waals surface area contributed by atoms with Gasteiger partial charge in [-0.2, -0.15) is 0 Å². The number of methoxy groups -OCH3 is 1. The molecule has 2 aliphatic heterocycles. The molecule has 0 bridgehead atoms. The SMILES string of the molecule is COc1cccc(-c2cccc(C(=O)N[C@H]3COC[C@@H]3N3CCCC3)c2)n1. The highest BCUT2D eigenvalue weighted by Crippen LogP contribution is 2.22. The summed E-state index contributed by atoms with van der Waals surface area (Å²) in [7, 11) is 1.59. The first-order valence-corrected chi connectivity index (χ1v) is 9.49. The largest absolute Gasteiger partial charge is 0.481 e. The van der Waals surface area contributed by atoms with Crippen LogP contribution in [0.2, 0.25) is 0 Å². The molecule has 2 saturated heterocycles. The molecule has 1 N–H and O–H groups in total. The molecule has 0 saturated carbocycles. The van der Waals surface area contributed by atoms with Crippen molar-refractivity contribution in [3.63, 3.8) is 0 Å². The Labute approximate surface area is 159 Å². The number of carbonyl (C=O) groups is 1. The first-order chi connectivity index (χ1) is 13.2. The van der Waals surface area contributed by atoms with Crippen LogP contribution in [0.1, 0.15) is 23.2 Å². The lowest BCUT2D eigenvalue weighted by Crippen LogP contribution is -2.50. The second-order valence-electron chi connectivity index (χ2n) is 7.07. The quantitative estimate of drug-likeness (QED) is 0.879. The zero-order valence-electron chi connectivity index (χ0n) is 15.6. The average molecular weight is 367 g/mol. The number of ether oxygens (including phenoxy) is 2. The van der Waals surface area contributed by atoms with Crippen LogP contribution < -0.4 is 10.1 Å². The summed E-state index contributed by atoms with van der Waals surface area (Å²) in [6.07, 6.45) is 2.46. The van der Waals surface area contributed by atoms with E-state index in [4.69, 9.17) is 9.47 Å². The van der Waals surface area contributed by atoms with Gasteiger partial charge in [-0.15, -0.1) is 0 Å². The fourth-order valence-corrected chi connectivity index (χ4v) is 3.87. The molecule has 1 aromatic heterocycles. The number of rotatable bonds is 5. The first kappa shape index (κ1) is 17.9. The number of aromatic nitrogens is 1. The predicted molar refractivity (Wildman–Crippen MR) is 103 cm³/mol. The van der Waals surface area contributed by atoms with Gasteiger partial charge >= 0.3 is 0 Å². The minimum atomic E-state index is -0.0700. The number of nitrogens with zero attached hydrogens (tertiary/aromatic N) is 2. The van der Waals surface area contributed by atoms with E-state index in [1.54, 1.807) is 13.2 Å². The van der Waals surface area contributed by atoms with Crippen molar-refractivity contribution in [1.29, 1.82) is 0 Å². The Morgan fingerprint density at radius 2 is 2.00 bits per heavy atom. The molecule has 0 radical (unpaired) electrons. The maximum absolute atomic E-state index is 12.8. The van der Waals surface area contributed by atoms with E-state index in [-0.39, 0.29) is 18.0 Å². The highest BCUT2D eigenvalue weighted by molar-refractivity contribution is 5.95. The van der Waals surface area contributed by atoms with Crippen molar-refractivity contribution >= 4 is 5.91 Å². The molecule has 1 amide bonds. The third-order valence-electron chi connectivity index (χ3n) is 5.33. The molecule has 2 fully saturated rings. The Morgan fingerprint density at radius 1 is 1.19 bits per heavy atom. The lowest BCUT2D eigenvalue weighted by molar-refractivity contribution is 0.0916. The van der Waals surface area contributed by atoms with Gasteiger partial charge in [-0.3, -0.25) is 9.69 Å². The fourth-order valence-electron chi connectivity index (χ4n) is 3.87. The molecule has 0 spiro atoms. The number of carbonyl (C=O) groups excluding carboxylic acids is 1. The molecular formula is C21H25N3O3. The molecule has 2 aliphatic rings. The third kappa shape index (κ3) is 3.96. The molecule has 4 rings (SSSR count). The van der Waals surface area contributed by atoms with Crippen molar-refractivity contribution in [1.82, 2.24) is 15.2 Å². The number of amides is 1. The van der Waals surface area contributed by atoms with Gasteiger partial charge in [0.25, 0.3) is 5.91 Å². The van der Waals surface area contributed by atoms with Gasteiger partial charge in [0.05, 0.1) is 38.1 Å². The Hall–Kier alpha value is -2.44. The van der Waals surface area contributed by atoms with Gasteiger partial charge in [0.2, 0.25) is 5.88 Å². The summed E-state index contributed by atoms with van der Waals surface area (Å²) in [4.78, 5) is 19.7. The zero-order chi connectivity index (χ0) is 18.6. The number of hydrogen-bond donors (Lipinski definition) is 1. The van der Waals surface area contributed by atoms with Gasteiger partial charge < -0.3 is 14.8 Å². The normalized spacial score (nSPS) is 22.7. The summed E-state index contributed by atoms with van der Waals surface area (Å²) in [5, 5.41) is 3.17. The molecule has 6 nitrogen and oxygen atoms in total. The summed E-state index contributed by atoms with van der Waals surface area (Å²) in [6, 6.07) is 13.5. The van der Waals surface area contributed by atoms with Crippen LogP contribution in [0, 0.1) is 0 Å². The third-order valence-corrected chi connectivity index (χ3v) is 5.33. The maximum atomic E-state index is 12.8. The van der Waals surface area contributed by atoms with Crippen LogP contribution in [0.15, 0.2) is 42.5 Å². The van der Waals surface area contributed by atoms with E-state index in [1.807, 2.05) is 36.4 Å². The molecule has 27 heavy (non-hydrogen) atoms. The van der Waals surface area contributed by atoms with Gasteiger partial charge in [0.15, 0.2) is 0 Å². The van der Waals surface area contributed by atoms with Crippen molar-refractivity contribution in [3.05, 3.63) is 48.0 Å². The summed E-state index contributed by atoms with van der Waals surface area (Å²) in [5.41, 5.74) is 2.30. The minimum Gasteiger partial charge on any atom is -0.481 e. The summed E-state index contributed by atoms with van der Waals surface area (Å²) in [5.74, 6) is 0.485. The zero-order valence-corrected chi connectivity index (χ0v) is 15.6. The predicted octanol–water partition coefficient (Wildman–Crippen LogP) is 2.35. The lowest BCUT2D eigenvalue weighted by atomic mass is 10.1. The number of nitrogens with one attached hydrogen (secondary N) is 1. The van der Waals surface area contributed by atoms with Crippen LogP contribution >= 0.6 is 0 Å². The monoisotopic (exact) mass is 367 g/mol. The number of hydrogen-bond acceptors (Lipinski definition) is 5. The average Bonchev–Trinajstić information content (AvgIpc) is 3.39. The Morgan fingerprint density at radius 3 is 2.81 bits per heavy atom. The number of pyridine rings is 1. The van der Waals surface area contributed by atoms with Crippen molar-refractivity contribution in [2.24, 2.45) is 0 Å². The molecule has 1 aromatic carbocycles. The van der Waals surface area contributed by atoms with Crippen molar-refractivity contribution in [2.75, 3.05) is 33.4 Å². The van der Waals surface area contributed by atoms with Gasteiger partial charge in [-0.1, -0.05) is 18.2 Å². The topological polar surface area (TPSA) is 63.7 Å². The van der Waals surface area contributed by atoms with E-state index in [2.05, 4.69) is 15.2 Å². The highest BCUT2D eigenvalue weighted by Gasteiger charge is 2.35. The molecule has 142 valence electrons. The van der Waals surface area contributed by atoms with Crippen LogP contribution in [-0.4, -0.2) is 61.3 Å². The van der Waals surface area contributed by atoms with Crippen LogP contribution in [0.5, 0.6) is 5.88 Å². The van der Waals surface area contributed by atoms with Crippen LogP contribution in [0.4, 0.5) is 0 Å². The van der Waals surface area contributed by atoms with Gasteiger partial charge in [-0.05, 0) is 44.1 Å². The van der Waals surface area contributed by atoms with E-state index >= 15 is 0 Å². The molecule has 2 aromatic rings. The number of likely N-dealkylation sites (tertiary alicyclic amines) is 1. The van der Waals surface area contributed by atoms with Crippen molar-refractivity contribution in [3.8, 4) is 17.1 Å². The number of benzene rings is 1. The summed E-state index contributed by atoms with van der Waals surface area (Å²) in [6.45, 7) is 3.46. The van der Waals surface area contributed by atoms with E-state index in [0.717, 1.165) is 24.3 Å². The second kappa shape index (κ2) is 8.06.